The number of nitrogens with zero attached hydrogens (tertiary/aromatic N) is 1. The molecule has 0 aromatic heterocycles. The van der Waals surface area contributed by atoms with Gasteiger partial charge in [0.2, 0.25) is 5.91 Å². The summed E-state index contributed by atoms with van der Waals surface area (Å²) in [6.45, 7) is 3.71. The average molecular weight is 214 g/mol. The molecule has 0 aliphatic carbocycles. The van der Waals surface area contributed by atoms with E-state index in [0.717, 1.165) is 13.1 Å². The molecule has 0 spiro atoms. The Balaban J connectivity index is 1.88. The SMILES string of the molecule is COCCC(=O)N(C1CNC1)C1COC1. The number of nitrogens with one attached hydrogen (secondary N) is 1. The van der Waals surface area contributed by atoms with Crippen molar-refractivity contribution < 1.29 is 14.3 Å². The zero-order chi connectivity index (χ0) is 10.7. The molecule has 0 saturated carbocycles. The first-order valence-electron chi connectivity index (χ1n) is 5.41. The first-order valence-corrected chi connectivity index (χ1v) is 5.41. The van der Waals surface area contributed by atoms with Crippen molar-refractivity contribution in [1.29, 1.82) is 0 Å². The zero-order valence-corrected chi connectivity index (χ0v) is 9.07. The van der Waals surface area contributed by atoms with Crippen LogP contribution in [0.4, 0.5) is 0 Å². The van der Waals surface area contributed by atoms with E-state index in [1.807, 2.05) is 4.90 Å². The Bertz CT molecular complexity index is 213. The molecule has 86 valence electrons. The second-order valence-corrected chi connectivity index (χ2v) is 4.05. The Hall–Kier alpha value is -0.650. The summed E-state index contributed by atoms with van der Waals surface area (Å²) < 4.78 is 10.1. The monoisotopic (exact) mass is 214 g/mol. The van der Waals surface area contributed by atoms with E-state index in [-0.39, 0.29) is 5.91 Å². The van der Waals surface area contributed by atoms with Gasteiger partial charge in [0, 0.05) is 20.2 Å². The lowest BCUT2D eigenvalue weighted by Gasteiger charge is -2.46. The highest BCUT2D eigenvalue weighted by Crippen LogP contribution is 2.17. The minimum atomic E-state index is 0.191. The van der Waals surface area contributed by atoms with Crippen LogP contribution in [0.5, 0.6) is 0 Å². The summed E-state index contributed by atoms with van der Waals surface area (Å²) in [6, 6.07) is 0.657. The van der Waals surface area contributed by atoms with Gasteiger partial charge >= 0.3 is 0 Å². The molecule has 0 radical (unpaired) electrons. The van der Waals surface area contributed by atoms with Gasteiger partial charge in [0.1, 0.15) is 0 Å². The fourth-order valence-electron chi connectivity index (χ4n) is 1.88. The topological polar surface area (TPSA) is 50.8 Å². The highest BCUT2D eigenvalue weighted by molar-refractivity contribution is 5.77. The molecule has 2 fully saturated rings. The lowest BCUT2D eigenvalue weighted by Crippen LogP contribution is -2.65. The minimum Gasteiger partial charge on any atom is -0.384 e. The van der Waals surface area contributed by atoms with E-state index in [0.29, 0.717) is 38.3 Å². The number of carbonyl (C=O) groups excluding carboxylic acids is 1. The summed E-state index contributed by atoms with van der Waals surface area (Å²) in [6.07, 6.45) is 0.476. The molecule has 2 aliphatic rings. The third-order valence-electron chi connectivity index (χ3n) is 2.98. The molecule has 2 rings (SSSR count). The molecule has 1 N–H and O–H groups in total. The van der Waals surface area contributed by atoms with Crippen molar-refractivity contribution in [1.82, 2.24) is 10.2 Å². The number of methoxy groups -OCH3 is 1. The van der Waals surface area contributed by atoms with Crippen LogP contribution < -0.4 is 5.32 Å². The second-order valence-electron chi connectivity index (χ2n) is 4.05. The Kier molecular flexibility index (Phi) is 3.56. The van der Waals surface area contributed by atoms with Crippen LogP contribution >= 0.6 is 0 Å². The molecule has 0 bridgehead atoms. The molecule has 15 heavy (non-hydrogen) atoms. The Labute approximate surface area is 89.7 Å². The van der Waals surface area contributed by atoms with E-state index in [2.05, 4.69) is 5.32 Å². The minimum absolute atomic E-state index is 0.191. The predicted molar refractivity (Wildman–Crippen MR) is 54.6 cm³/mol. The maximum absolute atomic E-state index is 11.9. The maximum Gasteiger partial charge on any atom is 0.225 e. The van der Waals surface area contributed by atoms with Crippen molar-refractivity contribution in [3.05, 3.63) is 0 Å². The van der Waals surface area contributed by atoms with Gasteiger partial charge < -0.3 is 19.7 Å². The third kappa shape index (κ3) is 2.30. The van der Waals surface area contributed by atoms with Crippen LogP contribution in [0.1, 0.15) is 6.42 Å². The van der Waals surface area contributed by atoms with Crippen LogP contribution in [0, 0.1) is 0 Å². The van der Waals surface area contributed by atoms with Crippen molar-refractivity contribution in [2.45, 2.75) is 18.5 Å². The predicted octanol–water partition coefficient (Wildman–Crippen LogP) is -0.778. The number of ether oxygens (including phenoxy) is 2. The quantitative estimate of drug-likeness (QED) is 0.652. The Morgan fingerprint density at radius 3 is 2.60 bits per heavy atom. The van der Waals surface area contributed by atoms with Crippen molar-refractivity contribution in [3.8, 4) is 0 Å². The van der Waals surface area contributed by atoms with E-state index in [1.165, 1.54) is 0 Å². The molecule has 0 aromatic carbocycles. The number of amides is 1. The molecule has 2 saturated heterocycles. The Morgan fingerprint density at radius 2 is 2.20 bits per heavy atom. The van der Waals surface area contributed by atoms with Gasteiger partial charge in [-0.1, -0.05) is 0 Å². The Morgan fingerprint density at radius 1 is 1.47 bits per heavy atom. The van der Waals surface area contributed by atoms with Gasteiger partial charge in [-0.25, -0.2) is 0 Å². The van der Waals surface area contributed by atoms with Gasteiger partial charge in [0.25, 0.3) is 0 Å². The molecule has 0 aromatic rings. The molecule has 5 nitrogen and oxygen atoms in total. The van der Waals surface area contributed by atoms with E-state index < -0.39 is 0 Å². The first kappa shape index (κ1) is 10.9. The van der Waals surface area contributed by atoms with E-state index in [1.54, 1.807) is 7.11 Å². The molecule has 2 heterocycles. The summed E-state index contributed by atoms with van der Waals surface area (Å²) in [5, 5.41) is 3.19. The molecular weight excluding hydrogens is 196 g/mol. The smallest absolute Gasteiger partial charge is 0.225 e. The van der Waals surface area contributed by atoms with Crippen LogP contribution in [-0.2, 0) is 14.3 Å². The summed E-state index contributed by atoms with van der Waals surface area (Å²) in [7, 11) is 1.62. The molecule has 0 unspecified atom stereocenters. The molecular formula is C10H18N2O3. The van der Waals surface area contributed by atoms with Gasteiger partial charge in [-0.15, -0.1) is 0 Å². The molecule has 0 atom stereocenters. The largest absolute Gasteiger partial charge is 0.384 e. The molecule has 5 heteroatoms. The van der Waals surface area contributed by atoms with Crippen molar-refractivity contribution in [3.63, 3.8) is 0 Å². The van der Waals surface area contributed by atoms with Crippen molar-refractivity contribution in [2.75, 3.05) is 40.0 Å². The maximum atomic E-state index is 11.9. The van der Waals surface area contributed by atoms with E-state index in [4.69, 9.17) is 9.47 Å². The van der Waals surface area contributed by atoms with E-state index in [9.17, 15) is 4.79 Å². The number of hydrogen-bond donors (Lipinski definition) is 1. The van der Waals surface area contributed by atoms with Crippen LogP contribution in [0.2, 0.25) is 0 Å². The number of hydrogen-bond acceptors (Lipinski definition) is 4. The third-order valence-corrected chi connectivity index (χ3v) is 2.98. The highest BCUT2D eigenvalue weighted by Gasteiger charge is 2.37. The fourth-order valence-corrected chi connectivity index (χ4v) is 1.88. The standard InChI is InChI=1S/C10H18N2O3/c1-14-3-2-10(13)12(8-4-11-5-8)9-6-15-7-9/h8-9,11H,2-7H2,1H3. The van der Waals surface area contributed by atoms with Gasteiger partial charge in [-0.05, 0) is 0 Å². The van der Waals surface area contributed by atoms with Crippen LogP contribution in [-0.4, -0.2) is 62.9 Å². The van der Waals surface area contributed by atoms with E-state index >= 15 is 0 Å². The second kappa shape index (κ2) is 4.92. The van der Waals surface area contributed by atoms with Gasteiger partial charge in [-0.2, -0.15) is 0 Å². The summed E-state index contributed by atoms with van der Waals surface area (Å²) in [5.41, 5.74) is 0. The van der Waals surface area contributed by atoms with Crippen LogP contribution in [0.25, 0.3) is 0 Å². The van der Waals surface area contributed by atoms with Crippen LogP contribution in [0.15, 0.2) is 0 Å². The first-order chi connectivity index (χ1) is 7.33. The summed E-state index contributed by atoms with van der Waals surface area (Å²) in [5.74, 6) is 0.191. The number of rotatable bonds is 5. The van der Waals surface area contributed by atoms with Crippen molar-refractivity contribution in [2.24, 2.45) is 0 Å². The van der Waals surface area contributed by atoms with Gasteiger partial charge in [-0.3, -0.25) is 4.79 Å². The van der Waals surface area contributed by atoms with Gasteiger partial charge in [0.05, 0.1) is 38.3 Å². The van der Waals surface area contributed by atoms with Gasteiger partial charge in [0.15, 0.2) is 0 Å². The van der Waals surface area contributed by atoms with Crippen LogP contribution in [0.3, 0.4) is 0 Å². The average Bonchev–Trinajstić information content (AvgIpc) is 2.07. The van der Waals surface area contributed by atoms with Crippen molar-refractivity contribution >= 4 is 5.91 Å². The fraction of sp³-hybridized carbons (Fsp3) is 0.900. The normalized spacial score (nSPS) is 21.9. The molecule has 2 aliphatic heterocycles. The summed E-state index contributed by atoms with van der Waals surface area (Å²) >= 11 is 0. The zero-order valence-electron chi connectivity index (χ0n) is 9.07. The summed E-state index contributed by atoms with van der Waals surface area (Å²) in [4.78, 5) is 13.9. The highest BCUT2D eigenvalue weighted by atomic mass is 16.5. The number of carbonyl (C=O) groups is 1. The lowest BCUT2D eigenvalue weighted by atomic mass is 10.1. The lowest BCUT2D eigenvalue weighted by molar-refractivity contribution is -0.152. The molecule has 1 amide bonds.